The van der Waals surface area contributed by atoms with Gasteiger partial charge in [0, 0.05) is 6.07 Å². The van der Waals surface area contributed by atoms with E-state index in [1.807, 2.05) is 6.92 Å². The summed E-state index contributed by atoms with van der Waals surface area (Å²) in [7, 11) is 0. The van der Waals surface area contributed by atoms with Crippen LogP contribution in [0.25, 0.3) is 0 Å². The Bertz CT molecular complexity index is 310. The molecule has 0 aliphatic heterocycles. The van der Waals surface area contributed by atoms with Crippen molar-refractivity contribution < 1.29 is 9.13 Å². The first-order valence-corrected chi connectivity index (χ1v) is 4.60. The number of hydrogen-bond acceptors (Lipinski definition) is 2. The van der Waals surface area contributed by atoms with E-state index in [0.29, 0.717) is 6.10 Å². The third-order valence-electron chi connectivity index (χ3n) is 2.11. The van der Waals surface area contributed by atoms with Crippen LogP contribution < -0.4 is 4.74 Å². The van der Waals surface area contributed by atoms with Gasteiger partial charge in [-0.25, -0.2) is 4.98 Å². The molecule has 13 heavy (non-hydrogen) atoms. The Morgan fingerprint density at radius 1 is 1.62 bits per heavy atom. The fourth-order valence-corrected chi connectivity index (χ4v) is 1.20. The maximum Gasteiger partial charge on any atom is 0.213 e. The average molecular weight is 181 g/mol. The van der Waals surface area contributed by atoms with Crippen LogP contribution in [-0.2, 0) is 6.42 Å². The van der Waals surface area contributed by atoms with Gasteiger partial charge in [0.2, 0.25) is 5.95 Å². The van der Waals surface area contributed by atoms with Crippen LogP contribution in [0.3, 0.4) is 0 Å². The van der Waals surface area contributed by atoms with Crippen molar-refractivity contribution in [2.75, 3.05) is 0 Å². The predicted octanol–water partition coefficient (Wildman–Crippen LogP) is 2.32. The first-order valence-electron chi connectivity index (χ1n) is 4.60. The van der Waals surface area contributed by atoms with Crippen molar-refractivity contribution in [2.45, 2.75) is 32.3 Å². The van der Waals surface area contributed by atoms with Gasteiger partial charge in [-0.2, -0.15) is 4.39 Å². The van der Waals surface area contributed by atoms with Gasteiger partial charge in [0.05, 0.1) is 12.3 Å². The average Bonchev–Trinajstić information content (AvgIpc) is 2.92. The van der Waals surface area contributed by atoms with E-state index >= 15 is 0 Å². The molecule has 1 aromatic heterocycles. The minimum atomic E-state index is -0.431. The fraction of sp³-hybridized carbons (Fsp3) is 0.500. The number of hydrogen-bond donors (Lipinski definition) is 0. The Morgan fingerprint density at radius 2 is 2.38 bits per heavy atom. The van der Waals surface area contributed by atoms with Crippen molar-refractivity contribution >= 4 is 0 Å². The molecule has 1 aromatic rings. The molecule has 2 nitrogen and oxygen atoms in total. The predicted molar refractivity (Wildman–Crippen MR) is 47.2 cm³/mol. The van der Waals surface area contributed by atoms with E-state index in [2.05, 4.69) is 4.98 Å². The molecule has 1 aliphatic carbocycles. The largest absolute Gasteiger partial charge is 0.489 e. The molecule has 0 bridgehead atoms. The van der Waals surface area contributed by atoms with Crippen molar-refractivity contribution in [3.05, 3.63) is 23.8 Å². The van der Waals surface area contributed by atoms with Gasteiger partial charge in [-0.05, 0) is 24.8 Å². The lowest BCUT2D eigenvalue weighted by molar-refractivity contribution is 0.297. The molecule has 0 N–H and O–H groups in total. The summed E-state index contributed by atoms with van der Waals surface area (Å²) < 4.78 is 18.3. The third-order valence-corrected chi connectivity index (χ3v) is 2.11. The second kappa shape index (κ2) is 3.32. The highest BCUT2D eigenvalue weighted by Crippen LogP contribution is 2.28. The van der Waals surface area contributed by atoms with Gasteiger partial charge in [0.1, 0.15) is 5.75 Å². The number of rotatable bonds is 3. The lowest BCUT2D eigenvalue weighted by Gasteiger charge is -2.08. The van der Waals surface area contributed by atoms with E-state index in [9.17, 15) is 4.39 Å². The van der Waals surface area contributed by atoms with Crippen molar-refractivity contribution in [1.82, 2.24) is 4.98 Å². The van der Waals surface area contributed by atoms with E-state index in [-0.39, 0.29) is 0 Å². The molecule has 0 amide bonds. The molecule has 70 valence electrons. The molecule has 0 atom stereocenters. The van der Waals surface area contributed by atoms with Gasteiger partial charge in [-0.15, -0.1) is 0 Å². The summed E-state index contributed by atoms with van der Waals surface area (Å²) in [6.07, 6.45) is 4.83. The summed E-state index contributed by atoms with van der Waals surface area (Å²) in [6.45, 7) is 1.98. The fourth-order valence-electron chi connectivity index (χ4n) is 1.20. The summed E-state index contributed by atoms with van der Waals surface area (Å²) in [5.41, 5.74) is 0.902. The van der Waals surface area contributed by atoms with Gasteiger partial charge in [0.15, 0.2) is 0 Å². The molecule has 0 spiro atoms. The highest BCUT2D eigenvalue weighted by atomic mass is 19.1. The maximum atomic E-state index is 12.7. The zero-order valence-corrected chi connectivity index (χ0v) is 7.59. The molecule has 1 fully saturated rings. The van der Waals surface area contributed by atoms with Crippen molar-refractivity contribution in [3.8, 4) is 5.75 Å². The zero-order valence-electron chi connectivity index (χ0n) is 7.59. The van der Waals surface area contributed by atoms with Crippen LogP contribution in [0.5, 0.6) is 5.75 Å². The van der Waals surface area contributed by atoms with Crippen LogP contribution in [-0.4, -0.2) is 11.1 Å². The van der Waals surface area contributed by atoms with E-state index in [0.717, 1.165) is 30.6 Å². The van der Waals surface area contributed by atoms with E-state index in [1.54, 1.807) is 0 Å². The first-order chi connectivity index (χ1) is 6.29. The summed E-state index contributed by atoms with van der Waals surface area (Å²) >= 11 is 0. The molecule has 0 saturated heterocycles. The standard InChI is InChI=1S/C10H12FNO/c1-2-7-5-10(11)12-6-9(7)13-8-3-4-8/h5-6,8H,2-4H2,1H3. The lowest BCUT2D eigenvalue weighted by atomic mass is 10.2. The van der Waals surface area contributed by atoms with Gasteiger partial charge in [-0.3, -0.25) is 0 Å². The molecule has 1 saturated carbocycles. The Hall–Kier alpha value is -1.12. The maximum absolute atomic E-state index is 12.7. The summed E-state index contributed by atoms with van der Waals surface area (Å²) in [4.78, 5) is 3.58. The summed E-state index contributed by atoms with van der Waals surface area (Å²) in [6, 6.07) is 1.44. The molecular weight excluding hydrogens is 169 g/mol. The molecule has 0 unspecified atom stereocenters. The topological polar surface area (TPSA) is 22.1 Å². The Labute approximate surface area is 76.7 Å². The van der Waals surface area contributed by atoms with Crippen LogP contribution in [0.15, 0.2) is 12.3 Å². The Kier molecular flexibility index (Phi) is 2.17. The van der Waals surface area contributed by atoms with Gasteiger partial charge < -0.3 is 4.74 Å². The van der Waals surface area contributed by atoms with Crippen LogP contribution >= 0.6 is 0 Å². The van der Waals surface area contributed by atoms with Gasteiger partial charge >= 0.3 is 0 Å². The summed E-state index contributed by atoms with van der Waals surface area (Å²) in [5, 5.41) is 0. The number of aromatic nitrogens is 1. The molecular formula is C10H12FNO. The van der Waals surface area contributed by atoms with E-state index < -0.39 is 5.95 Å². The van der Waals surface area contributed by atoms with Crippen LogP contribution in [0.2, 0.25) is 0 Å². The highest BCUT2D eigenvalue weighted by Gasteiger charge is 2.24. The molecule has 3 heteroatoms. The van der Waals surface area contributed by atoms with Crippen molar-refractivity contribution in [2.24, 2.45) is 0 Å². The lowest BCUT2D eigenvalue weighted by Crippen LogP contribution is -2.00. The third kappa shape index (κ3) is 1.97. The van der Waals surface area contributed by atoms with Crippen molar-refractivity contribution in [3.63, 3.8) is 0 Å². The molecule has 0 aromatic carbocycles. The number of halogens is 1. The molecule has 1 aliphatic rings. The zero-order chi connectivity index (χ0) is 9.26. The van der Waals surface area contributed by atoms with Crippen LogP contribution in [0, 0.1) is 5.95 Å². The highest BCUT2D eigenvalue weighted by molar-refractivity contribution is 5.30. The first kappa shape index (κ1) is 8.48. The smallest absolute Gasteiger partial charge is 0.213 e. The quantitative estimate of drug-likeness (QED) is 0.667. The minimum Gasteiger partial charge on any atom is -0.489 e. The number of nitrogens with zero attached hydrogens (tertiary/aromatic N) is 1. The van der Waals surface area contributed by atoms with Gasteiger partial charge in [-0.1, -0.05) is 6.92 Å². The SMILES string of the molecule is CCc1cc(F)ncc1OC1CC1. The van der Waals surface area contributed by atoms with Gasteiger partial charge in [0.25, 0.3) is 0 Å². The second-order valence-corrected chi connectivity index (χ2v) is 3.29. The van der Waals surface area contributed by atoms with E-state index in [4.69, 9.17) is 4.74 Å². The molecule has 2 rings (SSSR count). The Morgan fingerprint density at radius 3 is 3.00 bits per heavy atom. The monoisotopic (exact) mass is 181 g/mol. The normalized spacial score (nSPS) is 15.8. The second-order valence-electron chi connectivity index (χ2n) is 3.29. The van der Waals surface area contributed by atoms with Crippen LogP contribution in [0.1, 0.15) is 25.3 Å². The molecule has 0 radical (unpaired) electrons. The number of aryl methyl sites for hydroxylation is 1. The number of ether oxygens (including phenoxy) is 1. The summed E-state index contributed by atoms with van der Waals surface area (Å²) in [5.74, 6) is 0.311. The molecule has 1 heterocycles. The number of pyridine rings is 1. The van der Waals surface area contributed by atoms with E-state index in [1.165, 1.54) is 12.3 Å². The van der Waals surface area contributed by atoms with Crippen LogP contribution in [0.4, 0.5) is 4.39 Å². The Balaban J connectivity index is 2.21. The minimum absolute atomic E-state index is 0.345. The van der Waals surface area contributed by atoms with Crippen molar-refractivity contribution in [1.29, 1.82) is 0 Å².